The molecule has 5 nitrogen and oxygen atoms in total. The van der Waals surface area contributed by atoms with Gasteiger partial charge in [-0.3, -0.25) is 0 Å². The first-order valence-corrected chi connectivity index (χ1v) is 9.28. The van der Waals surface area contributed by atoms with E-state index < -0.39 is 10.0 Å². The van der Waals surface area contributed by atoms with Gasteiger partial charge in [0.15, 0.2) is 0 Å². The summed E-state index contributed by atoms with van der Waals surface area (Å²) >= 11 is 2.74. The van der Waals surface area contributed by atoms with Crippen LogP contribution in [0.4, 0.5) is 0 Å². The molecule has 0 aliphatic rings. The lowest BCUT2D eigenvalue weighted by Crippen LogP contribution is -2.26. The molecule has 8 heteroatoms. The van der Waals surface area contributed by atoms with Gasteiger partial charge in [0.2, 0.25) is 0 Å². The van der Waals surface area contributed by atoms with Crippen LogP contribution in [0.5, 0.6) is 0 Å². The number of nitrogens with one attached hydrogen (secondary N) is 2. The number of thiazole rings is 1. The van der Waals surface area contributed by atoms with E-state index in [0.717, 1.165) is 15.6 Å². The fourth-order valence-electron chi connectivity index (χ4n) is 1.68. The van der Waals surface area contributed by atoms with Gasteiger partial charge in [-0.05, 0) is 33.0 Å². The molecular weight excluding hydrogens is 314 g/mol. The molecule has 0 saturated carbocycles. The molecule has 0 bridgehead atoms. The molecule has 20 heavy (non-hydrogen) atoms. The highest BCUT2D eigenvalue weighted by atomic mass is 32.2. The van der Waals surface area contributed by atoms with E-state index >= 15 is 0 Å². The molecule has 2 N–H and O–H groups in total. The molecule has 0 aromatic carbocycles. The average molecular weight is 331 g/mol. The minimum atomic E-state index is -3.49. The Morgan fingerprint density at radius 1 is 1.40 bits per heavy atom. The highest BCUT2D eigenvalue weighted by molar-refractivity contribution is 7.91. The number of hydrogen-bond acceptors (Lipinski definition) is 6. The third kappa shape index (κ3) is 3.64. The van der Waals surface area contributed by atoms with Crippen molar-refractivity contribution in [1.82, 2.24) is 15.0 Å². The van der Waals surface area contributed by atoms with Crippen LogP contribution in [-0.2, 0) is 16.6 Å². The second-order valence-electron chi connectivity index (χ2n) is 4.42. The molecule has 2 heterocycles. The third-order valence-electron chi connectivity index (χ3n) is 2.59. The first-order valence-electron chi connectivity index (χ1n) is 6.10. The van der Waals surface area contributed by atoms with Gasteiger partial charge in [0.25, 0.3) is 10.0 Å². The van der Waals surface area contributed by atoms with Crippen molar-refractivity contribution in [3.63, 3.8) is 0 Å². The molecule has 1 atom stereocenters. The van der Waals surface area contributed by atoms with E-state index in [1.807, 2.05) is 25.4 Å². The molecule has 2 rings (SSSR count). The highest BCUT2D eigenvalue weighted by Crippen LogP contribution is 2.24. The molecule has 110 valence electrons. The van der Waals surface area contributed by atoms with E-state index in [4.69, 9.17) is 0 Å². The van der Waals surface area contributed by atoms with E-state index in [9.17, 15) is 8.42 Å². The van der Waals surface area contributed by atoms with Gasteiger partial charge >= 0.3 is 0 Å². The van der Waals surface area contributed by atoms with Crippen LogP contribution >= 0.6 is 22.7 Å². The van der Waals surface area contributed by atoms with Gasteiger partial charge < -0.3 is 5.32 Å². The summed E-state index contributed by atoms with van der Waals surface area (Å²) in [5, 5.41) is 5.69. The molecule has 0 saturated heterocycles. The number of aromatic nitrogens is 1. The van der Waals surface area contributed by atoms with Crippen LogP contribution in [0.25, 0.3) is 0 Å². The monoisotopic (exact) mass is 331 g/mol. The predicted octanol–water partition coefficient (Wildman–Crippen LogP) is 2.27. The van der Waals surface area contributed by atoms with Gasteiger partial charge in [0.05, 0.1) is 6.04 Å². The van der Waals surface area contributed by atoms with Crippen molar-refractivity contribution in [3.8, 4) is 0 Å². The number of thiophene rings is 1. The molecule has 2 aromatic heterocycles. The Morgan fingerprint density at radius 3 is 2.75 bits per heavy atom. The largest absolute Gasteiger partial charge is 0.315 e. The molecule has 0 spiro atoms. The van der Waals surface area contributed by atoms with Crippen molar-refractivity contribution in [2.75, 3.05) is 7.05 Å². The SMILES string of the molecule is CNCc1ccc(S(=O)(=O)NC(C)c2nc(C)cs2)s1. The van der Waals surface area contributed by atoms with Crippen LogP contribution in [0.1, 0.15) is 28.5 Å². The Balaban J connectivity index is 2.13. The standard InChI is InChI=1S/C12H17N3O2S3/c1-8-7-18-12(14-8)9(2)15-20(16,17)11-5-4-10(19-11)6-13-3/h4-5,7,9,13,15H,6H2,1-3H3. The van der Waals surface area contributed by atoms with Gasteiger partial charge in [0, 0.05) is 22.5 Å². The van der Waals surface area contributed by atoms with E-state index in [-0.39, 0.29) is 6.04 Å². The molecule has 0 fully saturated rings. The molecule has 0 aliphatic heterocycles. The fraction of sp³-hybridized carbons (Fsp3) is 0.417. The summed E-state index contributed by atoms with van der Waals surface area (Å²) in [4.78, 5) is 5.30. The Morgan fingerprint density at radius 2 is 2.15 bits per heavy atom. The maximum absolute atomic E-state index is 12.3. The highest BCUT2D eigenvalue weighted by Gasteiger charge is 2.21. The van der Waals surface area contributed by atoms with Gasteiger partial charge in [-0.25, -0.2) is 18.1 Å². The Hall–Kier alpha value is -0.800. The smallest absolute Gasteiger partial charge is 0.250 e. The second kappa shape index (κ2) is 6.31. The van der Waals surface area contributed by atoms with Crippen molar-refractivity contribution >= 4 is 32.7 Å². The second-order valence-corrected chi connectivity index (χ2v) is 8.42. The fourth-order valence-corrected chi connectivity index (χ4v) is 5.15. The molecule has 0 radical (unpaired) electrons. The van der Waals surface area contributed by atoms with Crippen molar-refractivity contribution < 1.29 is 8.42 Å². The van der Waals surface area contributed by atoms with Crippen LogP contribution in [0.15, 0.2) is 21.7 Å². The average Bonchev–Trinajstić information content (AvgIpc) is 2.98. The summed E-state index contributed by atoms with van der Waals surface area (Å²) in [6, 6.07) is 3.14. The normalized spacial score (nSPS) is 13.6. The first kappa shape index (κ1) is 15.6. The zero-order valence-electron chi connectivity index (χ0n) is 11.5. The zero-order valence-corrected chi connectivity index (χ0v) is 14.0. The lowest BCUT2D eigenvalue weighted by Gasteiger charge is -2.10. The lowest BCUT2D eigenvalue weighted by atomic mass is 10.4. The summed E-state index contributed by atoms with van der Waals surface area (Å²) in [6.45, 7) is 4.36. The number of aryl methyl sites for hydroxylation is 1. The number of nitrogens with zero attached hydrogens (tertiary/aromatic N) is 1. The zero-order chi connectivity index (χ0) is 14.8. The molecule has 0 aliphatic carbocycles. The molecular formula is C12H17N3O2S3. The maximum Gasteiger partial charge on any atom is 0.250 e. The van der Waals surface area contributed by atoms with Crippen molar-refractivity contribution in [2.45, 2.75) is 30.6 Å². The van der Waals surface area contributed by atoms with Gasteiger partial charge in [-0.2, -0.15) is 0 Å². The Bertz CT molecular complexity index is 676. The quantitative estimate of drug-likeness (QED) is 0.852. The van der Waals surface area contributed by atoms with Crippen LogP contribution in [-0.4, -0.2) is 20.4 Å². The van der Waals surface area contributed by atoms with Crippen molar-refractivity contribution in [2.24, 2.45) is 0 Å². The maximum atomic E-state index is 12.3. The molecule has 0 amide bonds. The van der Waals surface area contributed by atoms with Gasteiger partial charge in [0.1, 0.15) is 9.22 Å². The summed E-state index contributed by atoms with van der Waals surface area (Å²) in [5.74, 6) is 0. The summed E-state index contributed by atoms with van der Waals surface area (Å²) in [5.41, 5.74) is 0.906. The van der Waals surface area contributed by atoms with E-state index in [1.54, 1.807) is 13.0 Å². The number of rotatable bonds is 6. The van der Waals surface area contributed by atoms with E-state index in [0.29, 0.717) is 10.8 Å². The molecule has 2 aromatic rings. The van der Waals surface area contributed by atoms with E-state index in [1.165, 1.54) is 22.7 Å². The van der Waals surface area contributed by atoms with Crippen LogP contribution in [0.2, 0.25) is 0 Å². The van der Waals surface area contributed by atoms with Crippen molar-refractivity contribution in [1.29, 1.82) is 0 Å². The first-order chi connectivity index (χ1) is 9.42. The van der Waals surface area contributed by atoms with Crippen molar-refractivity contribution in [3.05, 3.63) is 33.1 Å². The number of hydrogen-bond donors (Lipinski definition) is 2. The van der Waals surface area contributed by atoms with Crippen LogP contribution in [0, 0.1) is 6.92 Å². The Labute approximate surface area is 127 Å². The molecule has 1 unspecified atom stereocenters. The minimum absolute atomic E-state index is 0.325. The minimum Gasteiger partial charge on any atom is -0.315 e. The van der Waals surface area contributed by atoms with Gasteiger partial charge in [-0.15, -0.1) is 22.7 Å². The van der Waals surface area contributed by atoms with Gasteiger partial charge in [-0.1, -0.05) is 0 Å². The summed E-state index contributed by atoms with van der Waals surface area (Å²) < 4.78 is 27.6. The van der Waals surface area contributed by atoms with Crippen LogP contribution < -0.4 is 10.0 Å². The topological polar surface area (TPSA) is 71.1 Å². The van der Waals surface area contributed by atoms with Crippen LogP contribution in [0.3, 0.4) is 0 Å². The number of sulfonamides is 1. The summed E-state index contributed by atoms with van der Waals surface area (Å²) in [6.07, 6.45) is 0. The lowest BCUT2D eigenvalue weighted by molar-refractivity contribution is 0.568. The predicted molar refractivity (Wildman–Crippen MR) is 82.7 cm³/mol. The third-order valence-corrected chi connectivity index (χ3v) is 6.86. The summed E-state index contributed by atoms with van der Waals surface area (Å²) in [7, 11) is -1.66. The van der Waals surface area contributed by atoms with E-state index in [2.05, 4.69) is 15.0 Å². The Kier molecular flexibility index (Phi) is 4.92.